The molecule has 1 aliphatic carbocycles. The molecule has 0 unspecified atom stereocenters. The number of anilines is 1. The lowest BCUT2D eigenvalue weighted by atomic mass is 10.1. The van der Waals surface area contributed by atoms with E-state index in [9.17, 15) is 4.79 Å². The average Bonchev–Trinajstić information content (AvgIpc) is 3.16. The number of piperidine rings is 1. The Balaban J connectivity index is 1.36. The predicted octanol–water partition coefficient (Wildman–Crippen LogP) is 2.26. The Bertz CT molecular complexity index is 797. The number of rotatable bonds is 5. The van der Waals surface area contributed by atoms with Gasteiger partial charge in [0.15, 0.2) is 5.82 Å². The van der Waals surface area contributed by atoms with Gasteiger partial charge < -0.3 is 19.2 Å². The van der Waals surface area contributed by atoms with Crippen molar-refractivity contribution in [1.82, 2.24) is 14.9 Å². The Kier molecular flexibility index (Phi) is 4.37. The molecule has 2 aliphatic rings. The number of nitrogens with zero attached hydrogens (tertiary/aromatic N) is 3. The molecule has 25 heavy (non-hydrogen) atoms. The van der Waals surface area contributed by atoms with Gasteiger partial charge in [0.05, 0.1) is 6.54 Å². The lowest BCUT2D eigenvalue weighted by Crippen LogP contribution is -2.47. The van der Waals surface area contributed by atoms with Crippen LogP contribution >= 0.6 is 0 Å². The van der Waals surface area contributed by atoms with Gasteiger partial charge in [-0.2, -0.15) is 0 Å². The molecule has 4 rings (SSSR count). The Labute approximate surface area is 147 Å². The van der Waals surface area contributed by atoms with Crippen LogP contribution in [0.3, 0.4) is 0 Å². The van der Waals surface area contributed by atoms with Crippen LogP contribution < -0.4 is 15.8 Å². The van der Waals surface area contributed by atoms with E-state index in [0.717, 1.165) is 49.9 Å². The van der Waals surface area contributed by atoms with Crippen molar-refractivity contribution in [1.29, 1.82) is 0 Å². The van der Waals surface area contributed by atoms with Crippen LogP contribution in [0.25, 0.3) is 0 Å². The zero-order valence-electron chi connectivity index (χ0n) is 14.9. The fraction of sp³-hybridized carbons (Fsp3) is 0.579. The summed E-state index contributed by atoms with van der Waals surface area (Å²) >= 11 is 0. The van der Waals surface area contributed by atoms with Crippen LogP contribution in [0.1, 0.15) is 43.6 Å². The van der Waals surface area contributed by atoms with E-state index >= 15 is 0 Å². The summed E-state index contributed by atoms with van der Waals surface area (Å²) in [6.07, 6.45) is 6.80. The molecule has 0 radical (unpaired) electrons. The molecular formula is C19H26N4O2. The standard InChI is InChI=1S/C19H26N4O2/c1-13-10-16(13)17-6-5-15(25-17)11-21-14-4-3-8-23(12-14)18-19(24)22(2)9-7-20-18/h5-7,9,13-14,16,21H,3-4,8,10-12H2,1-2H3/t13-,14-,16+/m1/s1. The van der Waals surface area contributed by atoms with Crippen LogP contribution in [0.2, 0.25) is 0 Å². The van der Waals surface area contributed by atoms with Gasteiger partial charge in [0.25, 0.3) is 5.56 Å². The summed E-state index contributed by atoms with van der Waals surface area (Å²) in [6, 6.07) is 4.55. The van der Waals surface area contributed by atoms with Gasteiger partial charge in [0.2, 0.25) is 0 Å². The number of furan rings is 1. The van der Waals surface area contributed by atoms with Crippen molar-refractivity contribution in [2.45, 2.75) is 44.7 Å². The van der Waals surface area contributed by atoms with E-state index in [2.05, 4.69) is 34.3 Å². The molecule has 0 bridgehead atoms. The summed E-state index contributed by atoms with van der Waals surface area (Å²) < 4.78 is 7.56. The monoisotopic (exact) mass is 342 g/mol. The Morgan fingerprint density at radius 2 is 2.24 bits per heavy atom. The second-order valence-corrected chi connectivity index (χ2v) is 7.46. The Hall–Kier alpha value is -2.08. The number of nitrogens with one attached hydrogen (secondary N) is 1. The SMILES string of the molecule is C[C@@H]1C[C@@H]1c1ccc(CN[C@@H]2CCCN(c3nccn(C)c3=O)C2)o1. The van der Waals surface area contributed by atoms with Crippen molar-refractivity contribution in [2.75, 3.05) is 18.0 Å². The lowest BCUT2D eigenvalue weighted by molar-refractivity contribution is 0.384. The minimum absolute atomic E-state index is 0.0302. The first-order chi connectivity index (χ1) is 12.1. The van der Waals surface area contributed by atoms with Gasteiger partial charge in [-0.1, -0.05) is 6.92 Å². The predicted molar refractivity (Wildman–Crippen MR) is 96.8 cm³/mol. The Morgan fingerprint density at radius 3 is 3.04 bits per heavy atom. The first-order valence-corrected chi connectivity index (χ1v) is 9.20. The Morgan fingerprint density at radius 1 is 1.40 bits per heavy atom. The molecule has 6 heteroatoms. The van der Waals surface area contributed by atoms with Crippen LogP contribution in [-0.2, 0) is 13.6 Å². The van der Waals surface area contributed by atoms with Crippen molar-refractivity contribution >= 4 is 5.82 Å². The molecule has 3 atom stereocenters. The van der Waals surface area contributed by atoms with Gasteiger partial charge in [-0.3, -0.25) is 4.79 Å². The fourth-order valence-corrected chi connectivity index (χ4v) is 3.69. The maximum atomic E-state index is 12.3. The van der Waals surface area contributed by atoms with E-state index in [-0.39, 0.29) is 5.56 Å². The summed E-state index contributed by atoms with van der Waals surface area (Å²) in [5.41, 5.74) is -0.0302. The third-order valence-electron chi connectivity index (χ3n) is 5.44. The molecule has 1 saturated heterocycles. The van der Waals surface area contributed by atoms with Gasteiger partial charge in [-0.15, -0.1) is 0 Å². The molecule has 2 aromatic heterocycles. The van der Waals surface area contributed by atoms with Crippen LogP contribution in [0.15, 0.2) is 33.7 Å². The molecule has 0 spiro atoms. The fourth-order valence-electron chi connectivity index (χ4n) is 3.69. The molecule has 1 N–H and O–H groups in total. The molecule has 1 aliphatic heterocycles. The third-order valence-corrected chi connectivity index (χ3v) is 5.44. The van der Waals surface area contributed by atoms with Crippen molar-refractivity contribution in [3.05, 3.63) is 46.4 Å². The maximum Gasteiger partial charge on any atom is 0.293 e. The molecule has 3 heterocycles. The van der Waals surface area contributed by atoms with Gasteiger partial charge in [-0.25, -0.2) is 4.98 Å². The number of aromatic nitrogens is 2. The normalized spacial score (nSPS) is 26.0. The van der Waals surface area contributed by atoms with Crippen LogP contribution in [0, 0.1) is 5.92 Å². The van der Waals surface area contributed by atoms with Crippen molar-refractivity contribution in [3.8, 4) is 0 Å². The van der Waals surface area contributed by atoms with Crippen molar-refractivity contribution in [2.24, 2.45) is 13.0 Å². The van der Waals surface area contributed by atoms with Crippen LogP contribution in [0.5, 0.6) is 0 Å². The smallest absolute Gasteiger partial charge is 0.293 e. The van der Waals surface area contributed by atoms with E-state index in [1.807, 2.05) is 0 Å². The largest absolute Gasteiger partial charge is 0.464 e. The second-order valence-electron chi connectivity index (χ2n) is 7.46. The zero-order valence-corrected chi connectivity index (χ0v) is 14.9. The number of aryl methyl sites for hydroxylation is 1. The molecule has 0 aromatic carbocycles. The topological polar surface area (TPSA) is 63.3 Å². The maximum absolute atomic E-state index is 12.3. The summed E-state index contributed by atoms with van der Waals surface area (Å²) in [5, 5.41) is 3.58. The van der Waals surface area contributed by atoms with Crippen LogP contribution in [0.4, 0.5) is 5.82 Å². The van der Waals surface area contributed by atoms with Gasteiger partial charge >= 0.3 is 0 Å². The summed E-state index contributed by atoms with van der Waals surface area (Å²) in [4.78, 5) is 18.7. The number of hydrogen-bond donors (Lipinski definition) is 1. The first-order valence-electron chi connectivity index (χ1n) is 9.20. The highest BCUT2D eigenvalue weighted by Crippen LogP contribution is 2.47. The summed E-state index contributed by atoms with van der Waals surface area (Å²) in [6.45, 7) is 4.69. The highest BCUT2D eigenvalue weighted by molar-refractivity contribution is 5.36. The summed E-state index contributed by atoms with van der Waals surface area (Å²) in [5.74, 6) is 4.07. The number of hydrogen-bond acceptors (Lipinski definition) is 5. The molecule has 2 fully saturated rings. The molecule has 1 saturated carbocycles. The van der Waals surface area contributed by atoms with E-state index in [1.54, 1.807) is 24.0 Å². The van der Waals surface area contributed by atoms with Crippen molar-refractivity contribution in [3.63, 3.8) is 0 Å². The average molecular weight is 342 g/mol. The van der Waals surface area contributed by atoms with E-state index in [1.165, 1.54) is 6.42 Å². The highest BCUT2D eigenvalue weighted by atomic mass is 16.3. The zero-order chi connectivity index (χ0) is 17.4. The van der Waals surface area contributed by atoms with E-state index in [0.29, 0.717) is 17.8 Å². The highest BCUT2D eigenvalue weighted by Gasteiger charge is 2.36. The van der Waals surface area contributed by atoms with Gasteiger partial charge in [0, 0.05) is 44.5 Å². The second kappa shape index (κ2) is 6.67. The third kappa shape index (κ3) is 3.49. The molecular weight excluding hydrogens is 316 g/mol. The van der Waals surface area contributed by atoms with Gasteiger partial charge in [0.1, 0.15) is 11.5 Å². The molecule has 6 nitrogen and oxygen atoms in total. The van der Waals surface area contributed by atoms with E-state index < -0.39 is 0 Å². The van der Waals surface area contributed by atoms with Crippen molar-refractivity contribution < 1.29 is 4.42 Å². The van der Waals surface area contributed by atoms with Gasteiger partial charge in [-0.05, 0) is 37.3 Å². The minimum Gasteiger partial charge on any atom is -0.464 e. The lowest BCUT2D eigenvalue weighted by Gasteiger charge is -2.33. The first kappa shape index (κ1) is 16.4. The van der Waals surface area contributed by atoms with E-state index in [4.69, 9.17) is 4.42 Å². The summed E-state index contributed by atoms with van der Waals surface area (Å²) in [7, 11) is 1.77. The van der Waals surface area contributed by atoms with Crippen LogP contribution in [-0.4, -0.2) is 28.7 Å². The quantitative estimate of drug-likeness (QED) is 0.903. The minimum atomic E-state index is -0.0302. The molecule has 2 aromatic rings. The molecule has 134 valence electrons. The molecule has 0 amide bonds.